The average Bonchev–Trinajstić information content (AvgIpc) is 2.38. The Balaban J connectivity index is 1.93. The van der Waals surface area contributed by atoms with Crippen LogP contribution >= 0.6 is 0 Å². The van der Waals surface area contributed by atoms with E-state index in [-0.39, 0.29) is 5.69 Å². The molecule has 1 aromatic rings. The summed E-state index contributed by atoms with van der Waals surface area (Å²) < 4.78 is 0. The lowest BCUT2D eigenvalue weighted by Crippen LogP contribution is -2.36. The molecule has 0 saturated heterocycles. The third-order valence-corrected chi connectivity index (χ3v) is 3.68. The van der Waals surface area contributed by atoms with Gasteiger partial charge >= 0.3 is 5.97 Å². The Morgan fingerprint density at radius 3 is 2.94 bits per heavy atom. The molecular formula is C14H20N2O2. The molecule has 0 bridgehead atoms. The van der Waals surface area contributed by atoms with E-state index < -0.39 is 5.97 Å². The lowest BCUT2D eigenvalue weighted by molar-refractivity contribution is 0.0690. The highest BCUT2D eigenvalue weighted by Gasteiger charge is 2.20. The summed E-state index contributed by atoms with van der Waals surface area (Å²) in [5.74, 6) is -0.274. The maximum atomic E-state index is 10.8. The SMILES string of the molecule is CC1CCCCC1NCc1cccc(C(=O)O)n1. The minimum absolute atomic E-state index is 0.117. The third-order valence-electron chi connectivity index (χ3n) is 3.68. The fourth-order valence-corrected chi connectivity index (χ4v) is 2.55. The second-order valence-corrected chi connectivity index (χ2v) is 5.07. The quantitative estimate of drug-likeness (QED) is 0.859. The topological polar surface area (TPSA) is 62.2 Å². The van der Waals surface area contributed by atoms with Crippen molar-refractivity contribution in [2.75, 3.05) is 0 Å². The van der Waals surface area contributed by atoms with Gasteiger partial charge in [-0.15, -0.1) is 0 Å². The van der Waals surface area contributed by atoms with E-state index in [9.17, 15) is 4.79 Å². The first-order valence-corrected chi connectivity index (χ1v) is 6.59. The fourth-order valence-electron chi connectivity index (χ4n) is 2.55. The summed E-state index contributed by atoms with van der Waals surface area (Å²) in [7, 11) is 0. The fraction of sp³-hybridized carbons (Fsp3) is 0.571. The Kier molecular flexibility index (Phi) is 4.31. The number of rotatable bonds is 4. The summed E-state index contributed by atoms with van der Waals surface area (Å²) in [6.45, 7) is 2.92. The average molecular weight is 248 g/mol. The molecule has 1 aliphatic rings. The molecule has 2 atom stereocenters. The standard InChI is InChI=1S/C14H20N2O2/c1-10-5-2-3-7-12(10)15-9-11-6-4-8-13(16-11)14(17)18/h4,6,8,10,12,15H,2-3,5,7,9H2,1H3,(H,17,18). The first kappa shape index (κ1) is 13.0. The smallest absolute Gasteiger partial charge is 0.354 e. The van der Waals surface area contributed by atoms with Gasteiger partial charge in [0.05, 0.1) is 5.69 Å². The van der Waals surface area contributed by atoms with Gasteiger partial charge in [-0.1, -0.05) is 25.8 Å². The van der Waals surface area contributed by atoms with Crippen molar-refractivity contribution in [3.63, 3.8) is 0 Å². The van der Waals surface area contributed by atoms with Crippen molar-refractivity contribution in [3.05, 3.63) is 29.6 Å². The van der Waals surface area contributed by atoms with Gasteiger partial charge in [-0.2, -0.15) is 0 Å². The second-order valence-electron chi connectivity index (χ2n) is 5.07. The van der Waals surface area contributed by atoms with Gasteiger partial charge in [0.25, 0.3) is 0 Å². The number of pyridine rings is 1. The van der Waals surface area contributed by atoms with Gasteiger partial charge in [0, 0.05) is 12.6 Å². The normalized spacial score (nSPS) is 23.8. The van der Waals surface area contributed by atoms with Crippen LogP contribution in [0, 0.1) is 5.92 Å². The van der Waals surface area contributed by atoms with E-state index >= 15 is 0 Å². The summed E-state index contributed by atoms with van der Waals surface area (Å²) in [6, 6.07) is 5.67. The van der Waals surface area contributed by atoms with E-state index in [1.54, 1.807) is 6.07 Å². The molecule has 1 aliphatic carbocycles. The van der Waals surface area contributed by atoms with Crippen LogP contribution in [0.15, 0.2) is 18.2 Å². The highest BCUT2D eigenvalue weighted by atomic mass is 16.4. The van der Waals surface area contributed by atoms with Crippen LogP contribution in [0.4, 0.5) is 0 Å². The molecule has 0 spiro atoms. The van der Waals surface area contributed by atoms with Crippen LogP contribution in [0.2, 0.25) is 0 Å². The molecule has 0 aromatic carbocycles. The molecular weight excluding hydrogens is 228 g/mol. The Bertz CT molecular complexity index is 420. The summed E-state index contributed by atoms with van der Waals surface area (Å²) >= 11 is 0. The highest BCUT2D eigenvalue weighted by molar-refractivity contribution is 5.85. The largest absolute Gasteiger partial charge is 0.477 e. The molecule has 0 aliphatic heterocycles. The van der Waals surface area contributed by atoms with Crippen LogP contribution in [-0.4, -0.2) is 22.1 Å². The van der Waals surface area contributed by atoms with Crippen LogP contribution in [0.5, 0.6) is 0 Å². The van der Waals surface area contributed by atoms with Crippen LogP contribution in [0.3, 0.4) is 0 Å². The lowest BCUT2D eigenvalue weighted by Gasteiger charge is -2.29. The second kappa shape index (κ2) is 5.96. The molecule has 98 valence electrons. The number of nitrogens with one attached hydrogen (secondary N) is 1. The summed E-state index contributed by atoms with van der Waals surface area (Å²) in [5, 5.41) is 12.4. The number of carboxylic acids is 1. The summed E-state index contributed by atoms with van der Waals surface area (Å²) in [5.41, 5.74) is 0.915. The Morgan fingerprint density at radius 2 is 2.22 bits per heavy atom. The lowest BCUT2D eigenvalue weighted by atomic mass is 9.86. The van der Waals surface area contributed by atoms with Crippen molar-refractivity contribution in [1.82, 2.24) is 10.3 Å². The summed E-state index contributed by atoms with van der Waals surface area (Å²) in [4.78, 5) is 14.9. The van der Waals surface area contributed by atoms with Crippen molar-refractivity contribution < 1.29 is 9.90 Å². The van der Waals surface area contributed by atoms with Gasteiger partial charge in [0.15, 0.2) is 0 Å². The van der Waals surface area contributed by atoms with Crippen molar-refractivity contribution in [1.29, 1.82) is 0 Å². The Morgan fingerprint density at radius 1 is 1.44 bits per heavy atom. The number of hydrogen-bond acceptors (Lipinski definition) is 3. The van der Waals surface area contributed by atoms with E-state index in [1.807, 2.05) is 6.07 Å². The monoisotopic (exact) mass is 248 g/mol. The van der Waals surface area contributed by atoms with E-state index in [0.717, 1.165) is 5.69 Å². The van der Waals surface area contributed by atoms with Gasteiger partial charge in [0.2, 0.25) is 0 Å². The Hall–Kier alpha value is -1.42. The van der Waals surface area contributed by atoms with E-state index in [1.165, 1.54) is 31.7 Å². The van der Waals surface area contributed by atoms with Crippen molar-refractivity contribution in [2.24, 2.45) is 5.92 Å². The van der Waals surface area contributed by atoms with Crippen LogP contribution in [0.1, 0.15) is 48.8 Å². The molecule has 1 saturated carbocycles. The molecule has 0 radical (unpaired) electrons. The predicted molar refractivity (Wildman–Crippen MR) is 69.5 cm³/mol. The van der Waals surface area contributed by atoms with Gasteiger partial charge in [-0.05, 0) is 30.9 Å². The minimum Gasteiger partial charge on any atom is -0.477 e. The number of aromatic carboxylic acids is 1. The summed E-state index contributed by atoms with van der Waals surface area (Å²) in [6.07, 6.45) is 5.09. The minimum atomic E-state index is -0.970. The molecule has 1 heterocycles. The predicted octanol–water partition coefficient (Wildman–Crippen LogP) is 2.45. The number of aromatic nitrogens is 1. The first-order chi connectivity index (χ1) is 8.66. The maximum Gasteiger partial charge on any atom is 0.354 e. The molecule has 4 heteroatoms. The molecule has 1 fully saturated rings. The number of nitrogens with zero attached hydrogens (tertiary/aromatic N) is 1. The van der Waals surface area contributed by atoms with E-state index in [4.69, 9.17) is 5.11 Å². The number of hydrogen-bond donors (Lipinski definition) is 2. The molecule has 2 rings (SSSR count). The van der Waals surface area contributed by atoms with E-state index in [2.05, 4.69) is 17.2 Å². The van der Waals surface area contributed by atoms with Crippen molar-refractivity contribution >= 4 is 5.97 Å². The van der Waals surface area contributed by atoms with E-state index in [0.29, 0.717) is 18.5 Å². The highest BCUT2D eigenvalue weighted by Crippen LogP contribution is 2.23. The zero-order valence-corrected chi connectivity index (χ0v) is 10.7. The van der Waals surface area contributed by atoms with Crippen LogP contribution in [-0.2, 0) is 6.54 Å². The maximum absolute atomic E-state index is 10.8. The number of carboxylic acid groups (broad SMARTS) is 1. The van der Waals surface area contributed by atoms with Crippen molar-refractivity contribution in [2.45, 2.75) is 45.2 Å². The Labute approximate surface area is 107 Å². The van der Waals surface area contributed by atoms with Crippen LogP contribution in [0.25, 0.3) is 0 Å². The third kappa shape index (κ3) is 3.29. The van der Waals surface area contributed by atoms with Gasteiger partial charge < -0.3 is 10.4 Å². The number of carbonyl (C=O) groups is 1. The molecule has 4 nitrogen and oxygen atoms in total. The van der Waals surface area contributed by atoms with Gasteiger partial charge in [-0.3, -0.25) is 0 Å². The van der Waals surface area contributed by atoms with Crippen LogP contribution < -0.4 is 5.32 Å². The molecule has 18 heavy (non-hydrogen) atoms. The molecule has 2 N–H and O–H groups in total. The molecule has 1 aromatic heterocycles. The van der Waals surface area contributed by atoms with Gasteiger partial charge in [0.1, 0.15) is 5.69 Å². The zero-order chi connectivity index (χ0) is 13.0. The molecule has 2 unspecified atom stereocenters. The molecule has 0 amide bonds. The van der Waals surface area contributed by atoms with Crippen molar-refractivity contribution in [3.8, 4) is 0 Å². The zero-order valence-electron chi connectivity index (χ0n) is 10.7. The van der Waals surface area contributed by atoms with Gasteiger partial charge in [-0.25, -0.2) is 9.78 Å². The first-order valence-electron chi connectivity index (χ1n) is 6.59.